The van der Waals surface area contributed by atoms with Crippen LogP contribution in [-0.2, 0) is 30.4 Å². The Labute approximate surface area is 269 Å². The van der Waals surface area contributed by atoms with Gasteiger partial charge in [-0.3, -0.25) is 14.4 Å². The average molecular weight is 631 g/mol. The largest absolute Gasteiger partial charge is 0.480 e. The first-order valence-electron chi connectivity index (χ1n) is 16.7. The van der Waals surface area contributed by atoms with Gasteiger partial charge in [0, 0.05) is 29.4 Å². The first kappa shape index (κ1) is 32.0. The van der Waals surface area contributed by atoms with Crippen molar-refractivity contribution in [3.8, 4) is 0 Å². The summed E-state index contributed by atoms with van der Waals surface area (Å²) in [7, 11) is 0. The van der Waals surface area contributed by atoms with Crippen molar-refractivity contribution in [1.82, 2.24) is 15.6 Å². The number of allylic oxidation sites excluding steroid dienone is 2. The summed E-state index contributed by atoms with van der Waals surface area (Å²) in [6.45, 7) is 5.88. The van der Waals surface area contributed by atoms with E-state index in [9.17, 15) is 24.3 Å². The van der Waals surface area contributed by atoms with Crippen LogP contribution in [-0.4, -0.2) is 58.6 Å². The zero-order valence-electron chi connectivity index (χ0n) is 27.1. The third-order valence-electron chi connectivity index (χ3n) is 12.0. The number of oxime groups is 1. The topological polar surface area (TPSA) is 150 Å². The van der Waals surface area contributed by atoms with Gasteiger partial charge >= 0.3 is 5.97 Å². The van der Waals surface area contributed by atoms with Gasteiger partial charge in [-0.15, -0.1) is 0 Å². The van der Waals surface area contributed by atoms with Crippen molar-refractivity contribution in [3.05, 3.63) is 47.7 Å². The van der Waals surface area contributed by atoms with Gasteiger partial charge in [0.25, 0.3) is 5.91 Å². The number of rotatable bonds is 10. The highest BCUT2D eigenvalue weighted by Gasteiger charge is 2.59. The molecule has 5 unspecified atom stereocenters. The van der Waals surface area contributed by atoms with E-state index in [2.05, 4.69) is 40.7 Å². The van der Waals surface area contributed by atoms with Crippen LogP contribution in [0.1, 0.15) is 77.7 Å². The van der Waals surface area contributed by atoms with E-state index in [-0.39, 0.29) is 36.3 Å². The standard InChI is InChI=1S/C36H46N4O6/c1-21(41)27-10-11-28-26-9-8-23-17-24(12-14-35(23,2)29(26)13-15-36(27,28)3)40-46-20-33(43)38-19-32(42)39-31(34(44)45)16-22-18-37-30-7-5-4-6-25(22)30/h4-7,17-18,26-29,31,37H,8-16,19-20H2,1-3H3,(H,38,43)(H,39,42)(H,44,45)/b40-24-/t26?,27?,28?,29?,31?,35-,36+/m0/s1. The number of aromatic amines is 1. The number of aliphatic carboxylic acids is 1. The third kappa shape index (κ3) is 5.98. The number of H-pyrrole nitrogens is 1. The van der Waals surface area contributed by atoms with Crippen molar-refractivity contribution in [2.75, 3.05) is 13.2 Å². The predicted octanol–water partition coefficient (Wildman–Crippen LogP) is 4.94. The van der Waals surface area contributed by atoms with Crippen LogP contribution in [0.5, 0.6) is 0 Å². The molecule has 0 saturated heterocycles. The number of aromatic nitrogens is 1. The molecule has 0 bridgehead atoms. The Morgan fingerprint density at radius 3 is 2.63 bits per heavy atom. The van der Waals surface area contributed by atoms with Gasteiger partial charge < -0.3 is 25.6 Å². The van der Waals surface area contributed by atoms with E-state index in [1.807, 2.05) is 24.3 Å². The van der Waals surface area contributed by atoms with E-state index >= 15 is 0 Å². The normalized spacial score (nSPS) is 31.6. The summed E-state index contributed by atoms with van der Waals surface area (Å²) in [5.74, 6) is 0.238. The van der Waals surface area contributed by atoms with Crippen LogP contribution < -0.4 is 10.6 Å². The Morgan fingerprint density at radius 1 is 1.04 bits per heavy atom. The van der Waals surface area contributed by atoms with E-state index < -0.39 is 23.8 Å². The van der Waals surface area contributed by atoms with Crippen molar-refractivity contribution in [2.24, 2.45) is 39.7 Å². The Morgan fingerprint density at radius 2 is 1.85 bits per heavy atom. The lowest BCUT2D eigenvalue weighted by molar-refractivity contribution is -0.141. The molecule has 6 rings (SSSR count). The van der Waals surface area contributed by atoms with Gasteiger partial charge in [-0.25, -0.2) is 4.79 Å². The van der Waals surface area contributed by atoms with Gasteiger partial charge in [0.1, 0.15) is 11.8 Å². The van der Waals surface area contributed by atoms with Crippen molar-refractivity contribution in [2.45, 2.75) is 84.6 Å². The van der Waals surface area contributed by atoms with E-state index in [4.69, 9.17) is 4.84 Å². The number of carbonyl (C=O) groups excluding carboxylic acids is 3. The molecule has 0 spiro atoms. The number of Topliss-reactive ketones (excluding diaryl/α,β-unsaturated/α-hetero) is 1. The maximum atomic E-state index is 12.5. The second-order valence-corrected chi connectivity index (χ2v) is 14.4. The summed E-state index contributed by atoms with van der Waals surface area (Å²) >= 11 is 0. The lowest BCUT2D eigenvalue weighted by atomic mass is 9.46. The maximum Gasteiger partial charge on any atom is 0.326 e. The number of hydrogen-bond donors (Lipinski definition) is 4. The Kier molecular flexibility index (Phi) is 8.83. The average Bonchev–Trinajstić information content (AvgIpc) is 3.60. The van der Waals surface area contributed by atoms with E-state index in [0.29, 0.717) is 23.5 Å². The number of para-hydroxylation sites is 1. The molecule has 2 amide bonds. The Hall–Kier alpha value is -3.95. The molecule has 46 heavy (non-hydrogen) atoms. The molecule has 1 aromatic carbocycles. The van der Waals surface area contributed by atoms with Crippen molar-refractivity contribution < 1.29 is 29.1 Å². The zero-order chi connectivity index (χ0) is 32.6. The van der Waals surface area contributed by atoms with E-state index in [1.165, 1.54) is 18.4 Å². The maximum absolute atomic E-state index is 12.5. The summed E-state index contributed by atoms with van der Waals surface area (Å²) in [5, 5.41) is 19.8. The van der Waals surface area contributed by atoms with Crippen molar-refractivity contribution >= 4 is 40.2 Å². The van der Waals surface area contributed by atoms with Crippen molar-refractivity contribution in [1.29, 1.82) is 0 Å². The third-order valence-corrected chi connectivity index (χ3v) is 12.0. The second-order valence-electron chi connectivity index (χ2n) is 14.4. The summed E-state index contributed by atoms with van der Waals surface area (Å²) in [6.07, 6.45) is 12.5. The molecule has 1 aromatic heterocycles. The van der Waals surface area contributed by atoms with Crippen LogP contribution in [0.4, 0.5) is 0 Å². The number of nitrogens with one attached hydrogen (secondary N) is 3. The molecule has 4 aliphatic carbocycles. The SMILES string of the molecule is CC(=O)C1CCC2C3CCC4=C/C(=N\OCC(=O)NCC(=O)NC(Cc5c[nH]c6ccccc56)C(=O)O)CC[C@]4(C)C3CC[C@]12C. The highest BCUT2D eigenvalue weighted by molar-refractivity contribution is 5.96. The molecule has 2 aromatic rings. The van der Waals surface area contributed by atoms with Crippen LogP contribution in [0.2, 0.25) is 0 Å². The molecule has 0 aliphatic heterocycles. The van der Waals surface area contributed by atoms with Gasteiger partial charge in [-0.1, -0.05) is 42.8 Å². The quantitative estimate of drug-likeness (QED) is 0.273. The number of hydrogen-bond acceptors (Lipinski definition) is 6. The molecule has 0 radical (unpaired) electrons. The van der Waals surface area contributed by atoms with Crippen LogP contribution in [0.15, 0.2) is 47.3 Å². The van der Waals surface area contributed by atoms with Crippen LogP contribution in [0.25, 0.3) is 10.9 Å². The summed E-state index contributed by atoms with van der Waals surface area (Å²) in [4.78, 5) is 57.6. The summed E-state index contributed by atoms with van der Waals surface area (Å²) < 4.78 is 0. The highest BCUT2D eigenvalue weighted by atomic mass is 16.6. The molecule has 7 atom stereocenters. The molecular formula is C36H46N4O6. The number of fused-ring (bicyclic) bond motifs is 6. The Bertz CT molecular complexity index is 1590. The first-order valence-corrected chi connectivity index (χ1v) is 16.7. The molecule has 10 nitrogen and oxygen atoms in total. The Balaban J connectivity index is 0.983. The molecule has 4 aliphatic rings. The fourth-order valence-electron chi connectivity index (χ4n) is 9.68. The molecule has 3 fully saturated rings. The van der Waals surface area contributed by atoms with E-state index in [0.717, 1.165) is 60.7 Å². The lowest BCUT2D eigenvalue weighted by Gasteiger charge is -2.58. The number of carboxylic acid groups (broad SMARTS) is 1. The number of ketones is 1. The molecule has 4 N–H and O–H groups in total. The van der Waals surface area contributed by atoms with Gasteiger partial charge in [0.2, 0.25) is 5.91 Å². The number of amides is 2. The van der Waals surface area contributed by atoms with Gasteiger partial charge in [-0.05, 0) is 105 Å². The number of benzene rings is 1. The smallest absolute Gasteiger partial charge is 0.326 e. The highest BCUT2D eigenvalue weighted by Crippen LogP contribution is 2.66. The number of carboxylic acids is 1. The molecule has 10 heteroatoms. The minimum atomic E-state index is -1.16. The van der Waals surface area contributed by atoms with Gasteiger partial charge in [0.05, 0.1) is 12.3 Å². The fraction of sp³-hybridized carbons (Fsp3) is 0.583. The number of carbonyl (C=O) groups is 4. The van der Waals surface area contributed by atoms with Crippen LogP contribution in [0, 0.1) is 34.5 Å². The summed E-state index contributed by atoms with van der Waals surface area (Å²) in [5.41, 5.74) is 4.20. The molecule has 3 saturated carbocycles. The zero-order valence-corrected chi connectivity index (χ0v) is 27.1. The lowest BCUT2D eigenvalue weighted by Crippen LogP contribution is -2.51. The first-order chi connectivity index (χ1) is 22.0. The van der Waals surface area contributed by atoms with Crippen LogP contribution in [0.3, 0.4) is 0 Å². The number of nitrogens with zero attached hydrogens (tertiary/aromatic N) is 1. The van der Waals surface area contributed by atoms with Crippen molar-refractivity contribution in [3.63, 3.8) is 0 Å². The second kappa shape index (κ2) is 12.7. The van der Waals surface area contributed by atoms with Gasteiger partial charge in [0.15, 0.2) is 6.61 Å². The fourth-order valence-corrected chi connectivity index (χ4v) is 9.68. The monoisotopic (exact) mass is 630 g/mol. The minimum absolute atomic E-state index is 0.107. The van der Waals surface area contributed by atoms with E-state index in [1.54, 1.807) is 13.1 Å². The molecule has 1 heterocycles. The van der Waals surface area contributed by atoms with Crippen LogP contribution >= 0.6 is 0 Å². The molecule has 246 valence electrons. The summed E-state index contributed by atoms with van der Waals surface area (Å²) in [6, 6.07) is 6.41. The van der Waals surface area contributed by atoms with Gasteiger partial charge in [-0.2, -0.15) is 0 Å². The molecular weight excluding hydrogens is 584 g/mol. The minimum Gasteiger partial charge on any atom is -0.480 e. The predicted molar refractivity (Wildman–Crippen MR) is 174 cm³/mol.